The molecule has 3 heteroatoms. The van der Waals surface area contributed by atoms with Gasteiger partial charge in [-0.3, -0.25) is 0 Å². The third-order valence-electron chi connectivity index (χ3n) is 3.60. The van der Waals surface area contributed by atoms with Crippen LogP contribution in [0.4, 0.5) is 5.69 Å². The molecule has 0 aliphatic carbocycles. The van der Waals surface area contributed by atoms with Gasteiger partial charge in [0.1, 0.15) is 5.75 Å². The maximum Gasteiger partial charge on any atom is 0.123 e. The van der Waals surface area contributed by atoms with Gasteiger partial charge in [-0.15, -0.1) is 0 Å². The molecule has 1 unspecified atom stereocenters. The van der Waals surface area contributed by atoms with E-state index in [4.69, 9.17) is 4.74 Å². The first-order chi connectivity index (χ1) is 10.2. The number of para-hydroxylation sites is 1. The Morgan fingerprint density at radius 1 is 1.05 bits per heavy atom. The summed E-state index contributed by atoms with van der Waals surface area (Å²) < 4.78 is 5.51. The lowest BCUT2D eigenvalue weighted by Gasteiger charge is -2.22. The highest BCUT2D eigenvalue weighted by atomic mass is 16.5. The fourth-order valence-electron chi connectivity index (χ4n) is 2.48. The Labute approximate surface area is 127 Å². The second-order valence-corrected chi connectivity index (χ2v) is 5.22. The average Bonchev–Trinajstić information content (AvgIpc) is 2.52. The number of nitrogens with one attached hydrogen (secondary N) is 1. The van der Waals surface area contributed by atoms with Crippen molar-refractivity contribution in [2.24, 2.45) is 0 Å². The van der Waals surface area contributed by atoms with E-state index in [9.17, 15) is 0 Å². The Kier molecular flexibility index (Phi) is 5.23. The van der Waals surface area contributed by atoms with Crippen molar-refractivity contribution in [3.05, 3.63) is 59.7 Å². The minimum absolute atomic E-state index is 0.141. The van der Waals surface area contributed by atoms with E-state index in [0.29, 0.717) is 0 Å². The Morgan fingerprint density at radius 3 is 2.29 bits per heavy atom. The van der Waals surface area contributed by atoms with E-state index in [1.54, 1.807) is 7.11 Å². The minimum Gasteiger partial charge on any atom is -0.496 e. The Morgan fingerprint density at radius 2 is 1.71 bits per heavy atom. The molecule has 2 aromatic rings. The van der Waals surface area contributed by atoms with Gasteiger partial charge in [-0.05, 0) is 30.3 Å². The number of methoxy groups -OCH3 is 1. The molecular weight excluding hydrogens is 260 g/mol. The maximum absolute atomic E-state index is 5.51. The van der Waals surface area contributed by atoms with Crippen LogP contribution in [0, 0.1) is 0 Å². The number of benzene rings is 2. The molecule has 2 aromatic carbocycles. The van der Waals surface area contributed by atoms with Gasteiger partial charge in [0.25, 0.3) is 0 Å². The molecular formula is C18H24N2O. The van der Waals surface area contributed by atoms with E-state index < -0.39 is 0 Å². The molecule has 0 spiro atoms. The van der Waals surface area contributed by atoms with Gasteiger partial charge >= 0.3 is 0 Å². The first-order valence-electron chi connectivity index (χ1n) is 7.31. The van der Waals surface area contributed by atoms with Gasteiger partial charge in [0.15, 0.2) is 0 Å². The molecule has 0 radical (unpaired) electrons. The Balaban J connectivity index is 2.38. The lowest BCUT2D eigenvalue weighted by atomic mass is 9.97. The zero-order valence-corrected chi connectivity index (χ0v) is 13.3. The van der Waals surface area contributed by atoms with Gasteiger partial charge in [0, 0.05) is 25.3 Å². The summed E-state index contributed by atoms with van der Waals surface area (Å²) in [5.74, 6) is 0.917. The molecule has 0 amide bonds. The van der Waals surface area contributed by atoms with Crippen LogP contribution in [0.3, 0.4) is 0 Å². The molecule has 0 aliphatic heterocycles. The van der Waals surface area contributed by atoms with Crippen molar-refractivity contribution in [3.8, 4) is 5.75 Å². The highest BCUT2D eigenvalue weighted by Gasteiger charge is 2.16. The molecule has 0 fully saturated rings. The van der Waals surface area contributed by atoms with Crippen LogP contribution in [0.5, 0.6) is 5.75 Å². The number of ether oxygens (including phenoxy) is 1. The van der Waals surface area contributed by atoms with Gasteiger partial charge in [-0.2, -0.15) is 0 Å². The van der Waals surface area contributed by atoms with Crippen molar-refractivity contribution in [2.75, 3.05) is 32.6 Å². The quantitative estimate of drug-likeness (QED) is 0.879. The summed E-state index contributed by atoms with van der Waals surface area (Å²) in [5.41, 5.74) is 3.61. The molecule has 1 N–H and O–H groups in total. The summed E-state index contributed by atoms with van der Waals surface area (Å²) in [7, 11) is 5.82. The fraction of sp³-hybridized carbons (Fsp3) is 0.333. The lowest BCUT2D eigenvalue weighted by Crippen LogP contribution is -2.22. The number of hydrogen-bond donors (Lipinski definition) is 1. The fourth-order valence-corrected chi connectivity index (χ4v) is 2.48. The van der Waals surface area contributed by atoms with Crippen molar-refractivity contribution < 1.29 is 4.74 Å². The summed E-state index contributed by atoms with van der Waals surface area (Å²) in [5, 5.41) is 3.54. The third kappa shape index (κ3) is 3.56. The van der Waals surface area contributed by atoms with E-state index in [-0.39, 0.29) is 6.04 Å². The molecule has 112 valence electrons. The van der Waals surface area contributed by atoms with E-state index in [1.807, 2.05) is 12.1 Å². The zero-order valence-electron chi connectivity index (χ0n) is 13.3. The van der Waals surface area contributed by atoms with E-state index in [0.717, 1.165) is 12.3 Å². The van der Waals surface area contributed by atoms with Crippen LogP contribution in [-0.4, -0.2) is 27.7 Å². The average molecular weight is 284 g/mol. The highest BCUT2D eigenvalue weighted by Crippen LogP contribution is 2.30. The van der Waals surface area contributed by atoms with Crippen molar-refractivity contribution in [1.29, 1.82) is 0 Å². The highest BCUT2D eigenvalue weighted by molar-refractivity contribution is 5.49. The normalized spacial score (nSPS) is 12.0. The summed E-state index contributed by atoms with van der Waals surface area (Å²) >= 11 is 0. The number of anilines is 1. The SMILES string of the molecule is CCNC(c1ccc(N(C)C)cc1)c1ccccc1OC. The van der Waals surface area contributed by atoms with Crippen LogP contribution in [0.2, 0.25) is 0 Å². The van der Waals surface area contributed by atoms with Crippen molar-refractivity contribution in [1.82, 2.24) is 5.32 Å². The minimum atomic E-state index is 0.141. The molecule has 21 heavy (non-hydrogen) atoms. The molecule has 3 nitrogen and oxygen atoms in total. The number of hydrogen-bond acceptors (Lipinski definition) is 3. The smallest absolute Gasteiger partial charge is 0.123 e. The van der Waals surface area contributed by atoms with Crippen LogP contribution < -0.4 is 15.0 Å². The van der Waals surface area contributed by atoms with Gasteiger partial charge in [0.2, 0.25) is 0 Å². The second-order valence-electron chi connectivity index (χ2n) is 5.22. The van der Waals surface area contributed by atoms with Gasteiger partial charge in [-0.1, -0.05) is 37.3 Å². The Hall–Kier alpha value is -2.00. The largest absolute Gasteiger partial charge is 0.496 e. The second kappa shape index (κ2) is 7.14. The first kappa shape index (κ1) is 15.4. The van der Waals surface area contributed by atoms with Gasteiger partial charge < -0.3 is 15.0 Å². The first-order valence-corrected chi connectivity index (χ1v) is 7.31. The van der Waals surface area contributed by atoms with Crippen molar-refractivity contribution in [2.45, 2.75) is 13.0 Å². The standard InChI is InChI=1S/C18H24N2O/c1-5-19-18(16-8-6-7-9-17(16)21-4)14-10-12-15(13-11-14)20(2)3/h6-13,18-19H,5H2,1-4H3. The molecule has 0 saturated carbocycles. The van der Waals surface area contributed by atoms with Gasteiger partial charge in [-0.25, -0.2) is 0 Å². The number of nitrogens with zero attached hydrogens (tertiary/aromatic N) is 1. The summed E-state index contributed by atoms with van der Waals surface area (Å²) in [6.45, 7) is 3.02. The summed E-state index contributed by atoms with van der Waals surface area (Å²) in [6.07, 6.45) is 0. The molecule has 0 heterocycles. The van der Waals surface area contributed by atoms with Crippen molar-refractivity contribution >= 4 is 5.69 Å². The van der Waals surface area contributed by atoms with Gasteiger partial charge in [0.05, 0.1) is 13.2 Å². The monoisotopic (exact) mass is 284 g/mol. The van der Waals surface area contributed by atoms with E-state index in [2.05, 4.69) is 67.6 Å². The maximum atomic E-state index is 5.51. The Bertz CT molecular complexity index is 564. The van der Waals surface area contributed by atoms with Crippen LogP contribution in [0.25, 0.3) is 0 Å². The van der Waals surface area contributed by atoms with Crippen LogP contribution >= 0.6 is 0 Å². The van der Waals surface area contributed by atoms with Crippen molar-refractivity contribution in [3.63, 3.8) is 0 Å². The third-order valence-corrected chi connectivity index (χ3v) is 3.60. The molecule has 0 saturated heterocycles. The van der Waals surface area contributed by atoms with Crippen LogP contribution in [0.1, 0.15) is 24.1 Å². The number of rotatable bonds is 6. The lowest BCUT2D eigenvalue weighted by molar-refractivity contribution is 0.404. The zero-order chi connectivity index (χ0) is 15.2. The molecule has 0 aliphatic rings. The predicted molar refractivity (Wildman–Crippen MR) is 89.3 cm³/mol. The topological polar surface area (TPSA) is 24.5 Å². The van der Waals surface area contributed by atoms with Crippen LogP contribution in [-0.2, 0) is 0 Å². The summed E-state index contributed by atoms with van der Waals surface area (Å²) in [4.78, 5) is 2.11. The summed E-state index contributed by atoms with van der Waals surface area (Å²) in [6, 6.07) is 17.0. The van der Waals surface area contributed by atoms with E-state index in [1.165, 1.54) is 16.8 Å². The van der Waals surface area contributed by atoms with Crippen LogP contribution in [0.15, 0.2) is 48.5 Å². The molecule has 0 aromatic heterocycles. The molecule has 0 bridgehead atoms. The predicted octanol–water partition coefficient (Wildman–Crippen LogP) is 3.46. The molecule has 2 rings (SSSR count). The molecule has 1 atom stereocenters. The van der Waals surface area contributed by atoms with E-state index >= 15 is 0 Å².